The lowest BCUT2D eigenvalue weighted by atomic mass is 10.00. The van der Waals surface area contributed by atoms with Crippen LogP contribution in [0.1, 0.15) is 51.5 Å². The standard InChI is InChI=1S/C31H41FN4O12/c1-18(2)27(30(44)34-23(24(39)15-32)14-26(41)47-4)36-29(43)21(11-10-20(38)16-37)33-28(42)22(12-13-25(40)46-3)35-31(45)48-17-19-8-6-5-7-9-19/h5-9,16,18,21-23,27H,10-15,17H2,1-4H3,(H,33,42)(H,34,44)(H,35,45)(H,36,43)/t21-,22-,23-,27-/m0/s1. The topological polar surface area (TPSA) is 229 Å². The first-order valence-corrected chi connectivity index (χ1v) is 14.8. The zero-order chi connectivity index (χ0) is 36.2. The average molecular weight is 681 g/mol. The van der Waals surface area contributed by atoms with Gasteiger partial charge < -0.3 is 35.5 Å². The lowest BCUT2D eigenvalue weighted by Gasteiger charge is -2.27. The van der Waals surface area contributed by atoms with E-state index < -0.39 is 103 Å². The molecule has 1 rings (SSSR count). The Balaban J connectivity index is 3.19. The highest BCUT2D eigenvalue weighted by Crippen LogP contribution is 2.09. The fourth-order valence-electron chi connectivity index (χ4n) is 4.07. The Hall–Kier alpha value is -5.22. The zero-order valence-corrected chi connectivity index (χ0v) is 27.1. The van der Waals surface area contributed by atoms with E-state index in [2.05, 4.69) is 30.7 Å². The van der Waals surface area contributed by atoms with E-state index in [-0.39, 0.29) is 25.7 Å². The molecule has 0 aliphatic heterocycles. The molecule has 4 N–H and O–H groups in total. The number of methoxy groups -OCH3 is 2. The van der Waals surface area contributed by atoms with Crippen LogP contribution < -0.4 is 21.3 Å². The molecule has 0 aliphatic rings. The second kappa shape index (κ2) is 21.6. The van der Waals surface area contributed by atoms with Crippen molar-refractivity contribution in [3.63, 3.8) is 0 Å². The third kappa shape index (κ3) is 14.9. The van der Waals surface area contributed by atoms with Gasteiger partial charge in [-0.1, -0.05) is 44.2 Å². The molecule has 0 aromatic heterocycles. The number of benzene rings is 1. The van der Waals surface area contributed by atoms with Crippen molar-refractivity contribution in [1.29, 1.82) is 0 Å². The van der Waals surface area contributed by atoms with E-state index in [1.807, 2.05) is 0 Å². The number of alkyl carbamates (subject to hydrolysis) is 1. The third-order valence-electron chi connectivity index (χ3n) is 6.81. The highest BCUT2D eigenvalue weighted by Gasteiger charge is 2.34. The van der Waals surface area contributed by atoms with Crippen LogP contribution in [0.3, 0.4) is 0 Å². The summed E-state index contributed by atoms with van der Waals surface area (Å²) in [6, 6.07) is 2.60. The molecule has 17 heteroatoms. The molecule has 4 amide bonds. The summed E-state index contributed by atoms with van der Waals surface area (Å²) in [6.45, 7) is 1.40. The molecule has 0 bridgehead atoms. The van der Waals surface area contributed by atoms with Crippen molar-refractivity contribution < 1.29 is 61.8 Å². The SMILES string of the molecule is COC(=O)CC[C@H](NC(=O)OCc1ccccc1)C(=O)N[C@@H](CCC(=O)C=O)C(=O)N[C@H](C(=O)N[C@@H](CC(=O)OC)C(=O)CF)C(C)C. The minimum absolute atomic E-state index is 0.0218. The number of halogens is 1. The summed E-state index contributed by atoms with van der Waals surface area (Å²) in [5, 5.41) is 9.30. The smallest absolute Gasteiger partial charge is 0.408 e. The molecule has 0 unspecified atom stereocenters. The van der Waals surface area contributed by atoms with Crippen molar-refractivity contribution in [2.24, 2.45) is 5.92 Å². The maximum atomic E-state index is 13.4. The number of esters is 2. The van der Waals surface area contributed by atoms with Crippen LogP contribution in [-0.4, -0.2) is 98.7 Å². The fraction of sp³-hybridized carbons (Fsp3) is 0.516. The molecule has 264 valence electrons. The summed E-state index contributed by atoms with van der Waals surface area (Å²) < 4.78 is 27.4. The highest BCUT2D eigenvalue weighted by atomic mass is 19.1. The number of carbonyl (C=O) groups excluding carboxylic acids is 9. The molecule has 0 fully saturated rings. The van der Waals surface area contributed by atoms with Gasteiger partial charge in [0.2, 0.25) is 17.7 Å². The number of hydrogen-bond donors (Lipinski definition) is 4. The fourth-order valence-corrected chi connectivity index (χ4v) is 4.07. The predicted molar refractivity (Wildman–Crippen MR) is 163 cm³/mol. The molecule has 0 heterocycles. The van der Waals surface area contributed by atoms with Crippen LogP contribution >= 0.6 is 0 Å². The maximum Gasteiger partial charge on any atom is 0.408 e. The molecular formula is C31H41FN4O12. The largest absolute Gasteiger partial charge is 0.469 e. The van der Waals surface area contributed by atoms with Gasteiger partial charge in [-0.2, -0.15) is 0 Å². The predicted octanol–water partition coefficient (Wildman–Crippen LogP) is -0.00510. The van der Waals surface area contributed by atoms with Gasteiger partial charge in [0.15, 0.2) is 17.9 Å². The molecule has 1 aromatic carbocycles. The first-order chi connectivity index (χ1) is 22.8. The van der Waals surface area contributed by atoms with Gasteiger partial charge in [-0.25, -0.2) is 9.18 Å². The van der Waals surface area contributed by atoms with E-state index in [4.69, 9.17) is 4.74 Å². The van der Waals surface area contributed by atoms with Crippen LogP contribution in [0.25, 0.3) is 0 Å². The summed E-state index contributed by atoms with van der Waals surface area (Å²) in [6.07, 6.45) is -3.21. The second-order valence-corrected chi connectivity index (χ2v) is 10.7. The number of ketones is 2. The second-order valence-electron chi connectivity index (χ2n) is 10.7. The minimum Gasteiger partial charge on any atom is -0.469 e. The Kier molecular flexibility index (Phi) is 18.3. The third-order valence-corrected chi connectivity index (χ3v) is 6.81. The molecule has 0 radical (unpaired) electrons. The Bertz CT molecular complexity index is 1310. The zero-order valence-electron chi connectivity index (χ0n) is 27.1. The normalized spacial score (nSPS) is 13.0. The first kappa shape index (κ1) is 40.8. The average Bonchev–Trinajstić information content (AvgIpc) is 3.08. The van der Waals surface area contributed by atoms with E-state index in [9.17, 15) is 47.5 Å². The summed E-state index contributed by atoms with van der Waals surface area (Å²) in [7, 11) is 2.15. The number of alkyl halides is 1. The van der Waals surface area contributed by atoms with E-state index in [1.165, 1.54) is 13.8 Å². The van der Waals surface area contributed by atoms with Gasteiger partial charge in [0.25, 0.3) is 0 Å². The van der Waals surface area contributed by atoms with Crippen molar-refractivity contribution in [2.75, 3.05) is 20.9 Å². The first-order valence-electron chi connectivity index (χ1n) is 14.8. The van der Waals surface area contributed by atoms with Gasteiger partial charge in [-0.05, 0) is 24.3 Å². The van der Waals surface area contributed by atoms with Crippen molar-refractivity contribution in [3.8, 4) is 0 Å². The van der Waals surface area contributed by atoms with E-state index in [0.717, 1.165) is 14.2 Å². The van der Waals surface area contributed by atoms with Crippen molar-refractivity contribution in [3.05, 3.63) is 35.9 Å². The number of carbonyl (C=O) groups is 9. The van der Waals surface area contributed by atoms with E-state index in [0.29, 0.717) is 5.56 Å². The Morgan fingerprint density at radius 1 is 0.750 bits per heavy atom. The van der Waals surface area contributed by atoms with Crippen molar-refractivity contribution in [2.45, 2.75) is 76.7 Å². The Morgan fingerprint density at radius 3 is 1.88 bits per heavy atom. The number of ether oxygens (including phenoxy) is 3. The van der Waals surface area contributed by atoms with E-state index in [1.54, 1.807) is 30.3 Å². The van der Waals surface area contributed by atoms with Gasteiger partial charge in [-0.15, -0.1) is 0 Å². The van der Waals surface area contributed by atoms with Crippen molar-refractivity contribution in [1.82, 2.24) is 21.3 Å². The summed E-state index contributed by atoms with van der Waals surface area (Å²) in [5.41, 5.74) is 0.647. The van der Waals surface area contributed by atoms with Crippen LogP contribution in [0.4, 0.5) is 9.18 Å². The lowest BCUT2D eigenvalue weighted by Crippen LogP contribution is -2.59. The van der Waals surface area contributed by atoms with Crippen molar-refractivity contribution >= 4 is 53.6 Å². The van der Waals surface area contributed by atoms with Gasteiger partial charge in [0.1, 0.15) is 37.4 Å². The van der Waals surface area contributed by atoms with Crippen LogP contribution in [0, 0.1) is 5.92 Å². The molecule has 0 spiro atoms. The number of aldehydes is 1. The maximum absolute atomic E-state index is 13.4. The van der Waals surface area contributed by atoms with Gasteiger partial charge in [0.05, 0.1) is 20.6 Å². The highest BCUT2D eigenvalue weighted by molar-refractivity contribution is 6.24. The number of hydrogen-bond acceptors (Lipinski definition) is 12. The Morgan fingerprint density at radius 2 is 1.31 bits per heavy atom. The van der Waals surface area contributed by atoms with Gasteiger partial charge in [-0.3, -0.25) is 38.4 Å². The molecule has 1 aromatic rings. The van der Waals surface area contributed by atoms with Crippen LogP contribution in [0.5, 0.6) is 0 Å². The number of amides is 4. The van der Waals surface area contributed by atoms with Crippen LogP contribution in [0.15, 0.2) is 30.3 Å². The quantitative estimate of drug-likeness (QED) is 0.0582. The van der Waals surface area contributed by atoms with Crippen LogP contribution in [-0.2, 0) is 59.2 Å². The van der Waals surface area contributed by atoms with Gasteiger partial charge >= 0.3 is 18.0 Å². The molecule has 0 saturated carbocycles. The summed E-state index contributed by atoms with van der Waals surface area (Å²) in [4.78, 5) is 111. The Labute approximate surface area is 276 Å². The molecule has 0 saturated heterocycles. The number of Topliss-reactive ketones (excluding diaryl/α,β-unsaturated/α-hetero) is 2. The summed E-state index contributed by atoms with van der Waals surface area (Å²) in [5.74, 6) is -7.25. The van der Waals surface area contributed by atoms with E-state index >= 15 is 0 Å². The number of nitrogens with one attached hydrogen (secondary N) is 4. The molecule has 0 aliphatic carbocycles. The minimum atomic E-state index is -1.60. The molecule has 4 atom stereocenters. The molecular weight excluding hydrogens is 639 g/mol. The summed E-state index contributed by atoms with van der Waals surface area (Å²) >= 11 is 0. The number of rotatable bonds is 21. The molecule has 48 heavy (non-hydrogen) atoms. The lowest BCUT2D eigenvalue weighted by molar-refractivity contribution is -0.144. The van der Waals surface area contributed by atoms with Crippen LogP contribution in [0.2, 0.25) is 0 Å². The molecule has 16 nitrogen and oxygen atoms in total. The monoisotopic (exact) mass is 680 g/mol. The van der Waals surface area contributed by atoms with Gasteiger partial charge in [0, 0.05) is 12.8 Å².